The third-order valence-corrected chi connectivity index (χ3v) is 4.99. The van der Waals surface area contributed by atoms with Crippen molar-refractivity contribution in [2.75, 3.05) is 7.05 Å². The van der Waals surface area contributed by atoms with Gasteiger partial charge >= 0.3 is 0 Å². The molecule has 1 aromatic carbocycles. The van der Waals surface area contributed by atoms with Crippen LogP contribution in [-0.2, 0) is 4.79 Å². The minimum atomic E-state index is -0.00102. The molecule has 0 spiro atoms. The highest BCUT2D eigenvalue weighted by molar-refractivity contribution is 6.30. The quantitative estimate of drug-likeness (QED) is 0.870. The first-order chi connectivity index (χ1) is 10.1. The lowest BCUT2D eigenvalue weighted by Crippen LogP contribution is -2.48. The highest BCUT2D eigenvalue weighted by Gasteiger charge is 2.38. The molecule has 0 saturated carbocycles. The summed E-state index contributed by atoms with van der Waals surface area (Å²) >= 11 is 5.84. The molecule has 2 heterocycles. The van der Waals surface area contributed by atoms with Crippen molar-refractivity contribution in [3.63, 3.8) is 0 Å². The number of rotatable bonds is 3. The van der Waals surface area contributed by atoms with E-state index in [1.54, 1.807) is 6.08 Å². The summed E-state index contributed by atoms with van der Waals surface area (Å²) in [6.45, 7) is 0. The van der Waals surface area contributed by atoms with Gasteiger partial charge in [-0.15, -0.1) is 0 Å². The van der Waals surface area contributed by atoms with E-state index in [0.717, 1.165) is 18.4 Å². The Balaban J connectivity index is 1.54. The molecule has 0 aliphatic carbocycles. The van der Waals surface area contributed by atoms with Gasteiger partial charge in [0.05, 0.1) is 0 Å². The Kier molecular flexibility index (Phi) is 4.32. The van der Waals surface area contributed by atoms with Gasteiger partial charge in [-0.25, -0.2) is 0 Å². The SMILES string of the molecule is CN1C2CCC1CC(NC(=O)C=Cc1ccc(Cl)cc1)C2. The maximum absolute atomic E-state index is 12.0. The predicted octanol–water partition coefficient (Wildman–Crippen LogP) is 3.09. The van der Waals surface area contributed by atoms with Gasteiger partial charge < -0.3 is 10.2 Å². The fourth-order valence-corrected chi connectivity index (χ4v) is 3.65. The molecular formula is C17H21ClN2O. The molecule has 2 atom stereocenters. The maximum atomic E-state index is 12.0. The number of carbonyl (C=O) groups is 1. The fourth-order valence-electron chi connectivity index (χ4n) is 3.52. The highest BCUT2D eigenvalue weighted by atomic mass is 35.5. The number of piperidine rings is 1. The van der Waals surface area contributed by atoms with Gasteiger partial charge in [-0.05, 0) is 56.5 Å². The second-order valence-electron chi connectivity index (χ2n) is 6.11. The van der Waals surface area contributed by atoms with Crippen LogP contribution in [-0.4, -0.2) is 36.0 Å². The lowest BCUT2D eigenvalue weighted by atomic mass is 9.98. The van der Waals surface area contributed by atoms with Crippen molar-refractivity contribution < 1.29 is 4.79 Å². The Morgan fingerprint density at radius 1 is 1.24 bits per heavy atom. The van der Waals surface area contributed by atoms with Gasteiger partial charge in [-0.2, -0.15) is 0 Å². The number of benzene rings is 1. The summed E-state index contributed by atoms with van der Waals surface area (Å²) in [4.78, 5) is 14.5. The zero-order valence-electron chi connectivity index (χ0n) is 12.3. The first-order valence-corrected chi connectivity index (χ1v) is 7.95. The molecule has 1 aromatic rings. The minimum Gasteiger partial charge on any atom is -0.350 e. The summed E-state index contributed by atoms with van der Waals surface area (Å²) in [6.07, 6.45) is 8.14. The van der Waals surface area contributed by atoms with Crippen LogP contribution in [0.1, 0.15) is 31.2 Å². The summed E-state index contributed by atoms with van der Waals surface area (Å²) in [6, 6.07) is 9.08. The van der Waals surface area contributed by atoms with Gasteiger partial charge in [0.1, 0.15) is 0 Å². The first-order valence-electron chi connectivity index (χ1n) is 7.58. The third-order valence-electron chi connectivity index (χ3n) is 4.74. The molecule has 2 fully saturated rings. The Bertz CT molecular complexity index is 526. The van der Waals surface area contributed by atoms with Crippen LogP contribution in [0.5, 0.6) is 0 Å². The van der Waals surface area contributed by atoms with Crippen LogP contribution >= 0.6 is 11.6 Å². The fraction of sp³-hybridized carbons (Fsp3) is 0.471. The molecule has 2 unspecified atom stereocenters. The monoisotopic (exact) mass is 304 g/mol. The number of amides is 1. The number of halogens is 1. The number of hydrogen-bond donors (Lipinski definition) is 1. The van der Waals surface area contributed by atoms with Gasteiger partial charge in [0, 0.05) is 29.2 Å². The molecule has 2 aliphatic heterocycles. The van der Waals surface area contributed by atoms with E-state index >= 15 is 0 Å². The molecule has 112 valence electrons. The van der Waals surface area contributed by atoms with Crippen molar-refractivity contribution in [1.82, 2.24) is 10.2 Å². The molecule has 4 heteroatoms. The number of hydrogen-bond acceptors (Lipinski definition) is 2. The summed E-state index contributed by atoms with van der Waals surface area (Å²) in [7, 11) is 2.21. The summed E-state index contributed by atoms with van der Waals surface area (Å²) in [5.41, 5.74) is 0.984. The molecule has 0 aromatic heterocycles. The number of carbonyl (C=O) groups excluding carboxylic acids is 1. The van der Waals surface area contributed by atoms with Crippen molar-refractivity contribution in [1.29, 1.82) is 0 Å². The van der Waals surface area contributed by atoms with Crippen molar-refractivity contribution in [2.45, 2.75) is 43.8 Å². The van der Waals surface area contributed by atoms with E-state index in [1.165, 1.54) is 12.8 Å². The molecular weight excluding hydrogens is 284 g/mol. The Hall–Kier alpha value is -1.32. The van der Waals surface area contributed by atoms with Crippen molar-refractivity contribution in [2.24, 2.45) is 0 Å². The van der Waals surface area contributed by atoms with E-state index in [9.17, 15) is 4.79 Å². The van der Waals surface area contributed by atoms with Crippen LogP contribution in [0.25, 0.3) is 6.08 Å². The summed E-state index contributed by atoms with van der Waals surface area (Å²) in [5, 5.41) is 3.85. The van der Waals surface area contributed by atoms with E-state index in [4.69, 9.17) is 11.6 Å². The van der Waals surface area contributed by atoms with Crippen LogP contribution in [0.2, 0.25) is 5.02 Å². The normalized spacial score (nSPS) is 29.0. The van der Waals surface area contributed by atoms with Crippen LogP contribution in [0.4, 0.5) is 0 Å². The zero-order valence-corrected chi connectivity index (χ0v) is 13.0. The van der Waals surface area contributed by atoms with Crippen LogP contribution < -0.4 is 5.32 Å². The zero-order chi connectivity index (χ0) is 14.8. The van der Waals surface area contributed by atoms with Gasteiger partial charge in [0.25, 0.3) is 0 Å². The van der Waals surface area contributed by atoms with Crippen molar-refractivity contribution >= 4 is 23.6 Å². The second-order valence-corrected chi connectivity index (χ2v) is 6.55. The average Bonchev–Trinajstić information content (AvgIpc) is 2.69. The van der Waals surface area contributed by atoms with Crippen molar-refractivity contribution in [3.05, 3.63) is 40.9 Å². The molecule has 3 rings (SSSR count). The van der Waals surface area contributed by atoms with Crippen LogP contribution in [0.3, 0.4) is 0 Å². The van der Waals surface area contributed by atoms with E-state index < -0.39 is 0 Å². The molecule has 2 bridgehead atoms. The number of nitrogens with one attached hydrogen (secondary N) is 1. The van der Waals surface area contributed by atoms with E-state index in [0.29, 0.717) is 23.1 Å². The largest absolute Gasteiger partial charge is 0.350 e. The highest BCUT2D eigenvalue weighted by Crippen LogP contribution is 2.34. The molecule has 3 nitrogen and oxygen atoms in total. The third kappa shape index (κ3) is 3.47. The first kappa shape index (κ1) is 14.6. The van der Waals surface area contributed by atoms with Gasteiger partial charge in [-0.3, -0.25) is 4.79 Å². The van der Waals surface area contributed by atoms with Gasteiger partial charge in [0.15, 0.2) is 0 Å². The molecule has 1 N–H and O–H groups in total. The summed E-state index contributed by atoms with van der Waals surface area (Å²) < 4.78 is 0. The predicted molar refractivity (Wildman–Crippen MR) is 86.2 cm³/mol. The average molecular weight is 305 g/mol. The van der Waals surface area contributed by atoms with Crippen molar-refractivity contribution in [3.8, 4) is 0 Å². The Labute approximate surface area is 131 Å². The molecule has 21 heavy (non-hydrogen) atoms. The lowest BCUT2D eigenvalue weighted by Gasteiger charge is -2.36. The lowest BCUT2D eigenvalue weighted by molar-refractivity contribution is -0.117. The second kappa shape index (κ2) is 6.20. The van der Waals surface area contributed by atoms with Crippen LogP contribution in [0, 0.1) is 0 Å². The van der Waals surface area contributed by atoms with E-state index in [2.05, 4.69) is 17.3 Å². The number of fused-ring (bicyclic) bond motifs is 2. The van der Waals surface area contributed by atoms with Gasteiger partial charge in [0.2, 0.25) is 5.91 Å². The molecule has 1 amide bonds. The van der Waals surface area contributed by atoms with Crippen LogP contribution in [0.15, 0.2) is 30.3 Å². The van der Waals surface area contributed by atoms with Gasteiger partial charge in [-0.1, -0.05) is 23.7 Å². The number of nitrogens with zero attached hydrogens (tertiary/aromatic N) is 1. The molecule has 2 aliphatic rings. The maximum Gasteiger partial charge on any atom is 0.244 e. The van der Waals surface area contributed by atoms with E-state index in [1.807, 2.05) is 30.3 Å². The Morgan fingerprint density at radius 2 is 1.86 bits per heavy atom. The smallest absolute Gasteiger partial charge is 0.244 e. The molecule has 0 radical (unpaired) electrons. The standard InChI is InChI=1S/C17H21ClN2O/c1-20-15-7-8-16(20)11-14(10-15)19-17(21)9-4-12-2-5-13(18)6-3-12/h2-6,9,14-16H,7-8,10-11H2,1H3,(H,19,21). The topological polar surface area (TPSA) is 32.3 Å². The summed E-state index contributed by atoms with van der Waals surface area (Å²) in [5.74, 6) is -0.00102. The Morgan fingerprint density at radius 3 is 2.48 bits per heavy atom. The minimum absolute atomic E-state index is 0.00102. The van der Waals surface area contributed by atoms with E-state index in [-0.39, 0.29) is 5.91 Å². The molecule has 2 saturated heterocycles.